The maximum Gasteiger partial charge on any atom is 0.191 e. The molecule has 0 aliphatic heterocycles. The lowest BCUT2D eigenvalue weighted by atomic mass is 10.2. The van der Waals surface area contributed by atoms with Crippen molar-refractivity contribution in [3.63, 3.8) is 0 Å². The first-order chi connectivity index (χ1) is 13.0. The summed E-state index contributed by atoms with van der Waals surface area (Å²) in [5, 5.41) is 7.21. The summed E-state index contributed by atoms with van der Waals surface area (Å²) in [7, 11) is 4.97. The Hall–Kier alpha value is -2.60. The molecule has 2 aromatic rings. The molecule has 0 radical (unpaired) electrons. The Morgan fingerprint density at radius 1 is 1.04 bits per heavy atom. The molecule has 0 bridgehead atoms. The van der Waals surface area contributed by atoms with Gasteiger partial charge < -0.3 is 24.8 Å². The Kier molecular flexibility index (Phi) is 8.07. The molecule has 2 N–H and O–H groups in total. The van der Waals surface area contributed by atoms with Crippen molar-refractivity contribution in [1.29, 1.82) is 0 Å². The van der Waals surface area contributed by atoms with Gasteiger partial charge in [-0.15, -0.1) is 0 Å². The third-order valence-electron chi connectivity index (χ3n) is 3.84. The molecule has 0 aromatic heterocycles. The first-order valence-corrected chi connectivity index (χ1v) is 9.01. The van der Waals surface area contributed by atoms with Crippen molar-refractivity contribution in [1.82, 2.24) is 10.6 Å². The highest BCUT2D eigenvalue weighted by Gasteiger charge is 2.08. The summed E-state index contributed by atoms with van der Waals surface area (Å²) in [5.74, 6) is 2.87. The number of methoxy groups -OCH3 is 2. The fourth-order valence-corrected chi connectivity index (χ4v) is 2.55. The molecule has 0 saturated heterocycles. The maximum atomic E-state index is 5.88. The van der Waals surface area contributed by atoms with Gasteiger partial charge in [0.25, 0.3) is 0 Å². The van der Waals surface area contributed by atoms with Crippen LogP contribution in [0.25, 0.3) is 0 Å². The van der Waals surface area contributed by atoms with E-state index in [4.69, 9.17) is 25.8 Å². The second-order valence-electron chi connectivity index (χ2n) is 5.88. The molecule has 2 aromatic carbocycles. The zero-order valence-electron chi connectivity index (χ0n) is 16.1. The van der Waals surface area contributed by atoms with Crippen LogP contribution in [0.3, 0.4) is 0 Å². The number of halogens is 1. The normalized spacial score (nSPS) is 12.3. The molecule has 1 unspecified atom stereocenters. The van der Waals surface area contributed by atoms with Crippen LogP contribution in [-0.4, -0.2) is 39.9 Å². The van der Waals surface area contributed by atoms with Crippen LogP contribution in [0, 0.1) is 0 Å². The van der Waals surface area contributed by atoms with E-state index in [0.29, 0.717) is 35.6 Å². The molecule has 0 saturated carbocycles. The summed E-state index contributed by atoms with van der Waals surface area (Å²) < 4.78 is 16.4. The molecule has 27 heavy (non-hydrogen) atoms. The molecule has 0 amide bonds. The van der Waals surface area contributed by atoms with Gasteiger partial charge >= 0.3 is 0 Å². The zero-order chi connectivity index (χ0) is 19.6. The fraction of sp³-hybridized carbons (Fsp3) is 0.350. The fourth-order valence-electron chi connectivity index (χ4n) is 2.42. The topological polar surface area (TPSA) is 64.1 Å². The van der Waals surface area contributed by atoms with E-state index in [1.54, 1.807) is 33.4 Å². The van der Waals surface area contributed by atoms with Gasteiger partial charge in [-0.1, -0.05) is 17.7 Å². The minimum absolute atomic E-state index is 0.0363. The van der Waals surface area contributed by atoms with Crippen LogP contribution in [0.15, 0.2) is 47.5 Å². The van der Waals surface area contributed by atoms with Crippen LogP contribution in [0.5, 0.6) is 17.2 Å². The molecule has 0 spiro atoms. The molecule has 0 aliphatic carbocycles. The van der Waals surface area contributed by atoms with Crippen LogP contribution in [0.1, 0.15) is 12.5 Å². The Labute approximate surface area is 165 Å². The van der Waals surface area contributed by atoms with E-state index in [1.165, 1.54) is 0 Å². The van der Waals surface area contributed by atoms with E-state index >= 15 is 0 Å². The lowest BCUT2D eigenvalue weighted by Gasteiger charge is -2.18. The smallest absolute Gasteiger partial charge is 0.191 e. The van der Waals surface area contributed by atoms with E-state index in [1.807, 2.05) is 37.3 Å². The van der Waals surface area contributed by atoms with Gasteiger partial charge in [0, 0.05) is 18.6 Å². The summed E-state index contributed by atoms with van der Waals surface area (Å²) in [5.41, 5.74) is 1.06. The number of ether oxygens (including phenoxy) is 3. The molecule has 0 heterocycles. The van der Waals surface area contributed by atoms with Crippen molar-refractivity contribution in [2.75, 3.05) is 27.8 Å². The molecule has 6 nitrogen and oxygen atoms in total. The van der Waals surface area contributed by atoms with Crippen LogP contribution in [-0.2, 0) is 6.54 Å². The van der Waals surface area contributed by atoms with Crippen molar-refractivity contribution >= 4 is 17.6 Å². The molecular formula is C20H26ClN3O3. The molecule has 146 valence electrons. The van der Waals surface area contributed by atoms with Crippen molar-refractivity contribution in [3.05, 3.63) is 53.1 Å². The minimum Gasteiger partial charge on any atom is -0.493 e. The third kappa shape index (κ3) is 6.57. The van der Waals surface area contributed by atoms with E-state index in [0.717, 1.165) is 11.3 Å². The molecule has 7 heteroatoms. The predicted molar refractivity (Wildman–Crippen MR) is 109 cm³/mol. The number of nitrogens with one attached hydrogen (secondary N) is 2. The van der Waals surface area contributed by atoms with E-state index in [-0.39, 0.29) is 6.10 Å². The van der Waals surface area contributed by atoms with Gasteiger partial charge in [0.05, 0.1) is 20.8 Å². The Morgan fingerprint density at radius 2 is 1.74 bits per heavy atom. The number of aliphatic imine (C=N–C) groups is 1. The van der Waals surface area contributed by atoms with Crippen molar-refractivity contribution in [2.45, 2.75) is 19.6 Å². The van der Waals surface area contributed by atoms with Crippen LogP contribution in [0.4, 0.5) is 0 Å². The quantitative estimate of drug-likeness (QED) is 0.532. The highest BCUT2D eigenvalue weighted by molar-refractivity contribution is 6.30. The molecule has 0 fully saturated rings. The maximum absolute atomic E-state index is 5.88. The van der Waals surface area contributed by atoms with Gasteiger partial charge in [-0.25, -0.2) is 0 Å². The Balaban J connectivity index is 1.82. The third-order valence-corrected chi connectivity index (χ3v) is 4.09. The number of hydrogen-bond acceptors (Lipinski definition) is 4. The van der Waals surface area contributed by atoms with Crippen molar-refractivity contribution in [2.24, 2.45) is 4.99 Å². The summed E-state index contributed by atoms with van der Waals surface area (Å²) in [6, 6.07) is 13.1. The van der Waals surface area contributed by atoms with Crippen LogP contribution >= 0.6 is 11.6 Å². The predicted octanol–water partition coefficient (Wildman–Crippen LogP) is 3.49. The van der Waals surface area contributed by atoms with E-state index < -0.39 is 0 Å². The van der Waals surface area contributed by atoms with Gasteiger partial charge in [-0.2, -0.15) is 0 Å². The number of rotatable bonds is 8. The summed E-state index contributed by atoms with van der Waals surface area (Å²) >= 11 is 5.88. The zero-order valence-corrected chi connectivity index (χ0v) is 16.8. The Bertz CT molecular complexity index is 751. The van der Waals surface area contributed by atoms with Crippen molar-refractivity contribution < 1.29 is 14.2 Å². The lowest BCUT2D eigenvalue weighted by molar-refractivity contribution is 0.224. The summed E-state index contributed by atoms with van der Waals surface area (Å²) in [4.78, 5) is 4.24. The molecule has 0 aliphatic rings. The van der Waals surface area contributed by atoms with E-state index in [9.17, 15) is 0 Å². The number of guanidine groups is 1. The number of nitrogens with zero attached hydrogens (tertiary/aromatic N) is 1. The summed E-state index contributed by atoms with van der Waals surface area (Å²) in [6.07, 6.45) is -0.0363. The van der Waals surface area contributed by atoms with Crippen molar-refractivity contribution in [3.8, 4) is 17.2 Å². The average molecular weight is 392 g/mol. The minimum atomic E-state index is -0.0363. The molecular weight excluding hydrogens is 366 g/mol. The van der Waals surface area contributed by atoms with Gasteiger partial charge in [-0.3, -0.25) is 4.99 Å². The van der Waals surface area contributed by atoms with Gasteiger partial charge in [0.2, 0.25) is 0 Å². The standard InChI is InChI=1S/C20H26ClN3O3/c1-14(27-17-8-6-16(21)7-9-17)12-23-20(22-2)24-13-15-5-10-18(25-3)19(11-15)26-4/h5-11,14H,12-13H2,1-4H3,(H2,22,23,24). The largest absolute Gasteiger partial charge is 0.493 e. The second-order valence-corrected chi connectivity index (χ2v) is 6.31. The van der Waals surface area contributed by atoms with Crippen LogP contribution < -0.4 is 24.8 Å². The first-order valence-electron chi connectivity index (χ1n) is 8.63. The molecule has 1 atom stereocenters. The lowest BCUT2D eigenvalue weighted by Crippen LogP contribution is -2.41. The Morgan fingerprint density at radius 3 is 2.37 bits per heavy atom. The average Bonchev–Trinajstić information content (AvgIpc) is 2.69. The summed E-state index contributed by atoms with van der Waals surface area (Å²) in [6.45, 7) is 3.20. The second kappa shape index (κ2) is 10.5. The van der Waals surface area contributed by atoms with Gasteiger partial charge in [0.1, 0.15) is 11.9 Å². The number of benzene rings is 2. The van der Waals surface area contributed by atoms with Gasteiger partial charge in [0.15, 0.2) is 17.5 Å². The first kappa shape index (κ1) is 20.7. The van der Waals surface area contributed by atoms with E-state index in [2.05, 4.69) is 15.6 Å². The molecule has 2 rings (SSSR count). The highest BCUT2D eigenvalue weighted by Crippen LogP contribution is 2.27. The SMILES string of the molecule is CN=C(NCc1ccc(OC)c(OC)c1)NCC(C)Oc1ccc(Cl)cc1. The monoisotopic (exact) mass is 391 g/mol. The highest BCUT2D eigenvalue weighted by atomic mass is 35.5. The van der Waals surface area contributed by atoms with Gasteiger partial charge in [-0.05, 0) is 48.9 Å². The van der Waals surface area contributed by atoms with Crippen LogP contribution in [0.2, 0.25) is 5.02 Å². The number of hydrogen-bond donors (Lipinski definition) is 2.